The maximum absolute atomic E-state index is 12.3. The molecule has 0 saturated carbocycles. The SMILES string of the molecule is CCn1nccc1NC(=O)N1CCN(CC(F)(F)F)CC1. The number of urea groups is 1. The number of alkyl halides is 3. The lowest BCUT2D eigenvalue weighted by molar-refractivity contribution is -0.148. The molecule has 2 heterocycles. The molecule has 21 heavy (non-hydrogen) atoms. The number of anilines is 1. The lowest BCUT2D eigenvalue weighted by Gasteiger charge is -2.34. The maximum Gasteiger partial charge on any atom is 0.401 e. The predicted molar refractivity (Wildman–Crippen MR) is 71.0 cm³/mol. The van der Waals surface area contributed by atoms with Crippen LogP contribution in [0.25, 0.3) is 0 Å². The van der Waals surface area contributed by atoms with E-state index < -0.39 is 12.7 Å². The number of halogens is 3. The molecule has 1 aliphatic rings. The molecule has 0 spiro atoms. The smallest absolute Gasteiger partial charge is 0.322 e. The second kappa shape index (κ2) is 6.33. The van der Waals surface area contributed by atoms with Crippen LogP contribution in [0.4, 0.5) is 23.8 Å². The van der Waals surface area contributed by atoms with E-state index in [1.807, 2.05) is 6.92 Å². The molecular weight excluding hydrogens is 287 g/mol. The molecule has 1 aromatic rings. The molecule has 1 aromatic heterocycles. The first-order valence-corrected chi connectivity index (χ1v) is 6.76. The number of piperazine rings is 1. The van der Waals surface area contributed by atoms with E-state index in [1.165, 1.54) is 9.80 Å². The standard InChI is InChI=1S/C12H18F3N5O/c1-2-20-10(3-4-16-20)17-11(21)19-7-5-18(6-8-19)9-12(13,14)15/h3-4H,2,5-9H2,1H3,(H,17,21). The fourth-order valence-corrected chi connectivity index (χ4v) is 2.24. The number of carbonyl (C=O) groups excluding carboxylic acids is 1. The van der Waals surface area contributed by atoms with Crippen LogP contribution >= 0.6 is 0 Å². The van der Waals surface area contributed by atoms with Gasteiger partial charge in [-0.15, -0.1) is 0 Å². The number of hydrogen-bond donors (Lipinski definition) is 1. The number of hydrogen-bond acceptors (Lipinski definition) is 3. The first-order valence-electron chi connectivity index (χ1n) is 6.76. The Morgan fingerprint density at radius 3 is 2.57 bits per heavy atom. The summed E-state index contributed by atoms with van der Waals surface area (Å²) >= 11 is 0. The van der Waals surface area contributed by atoms with Crippen molar-refractivity contribution >= 4 is 11.8 Å². The van der Waals surface area contributed by atoms with Crippen LogP contribution in [0.3, 0.4) is 0 Å². The molecule has 0 aliphatic carbocycles. The third kappa shape index (κ3) is 4.35. The van der Waals surface area contributed by atoms with Crippen molar-refractivity contribution in [2.24, 2.45) is 0 Å². The summed E-state index contributed by atoms with van der Waals surface area (Å²) in [6.45, 7) is 2.61. The minimum absolute atomic E-state index is 0.222. The molecular formula is C12H18F3N5O. The molecule has 6 nitrogen and oxygen atoms in total. The summed E-state index contributed by atoms with van der Waals surface area (Å²) < 4.78 is 38.5. The van der Waals surface area contributed by atoms with Gasteiger partial charge in [-0.3, -0.25) is 10.2 Å². The van der Waals surface area contributed by atoms with E-state index in [2.05, 4.69) is 10.4 Å². The van der Waals surface area contributed by atoms with E-state index in [1.54, 1.807) is 16.9 Å². The van der Waals surface area contributed by atoms with Gasteiger partial charge in [0, 0.05) is 38.8 Å². The average molecular weight is 305 g/mol. The van der Waals surface area contributed by atoms with E-state index in [-0.39, 0.29) is 32.2 Å². The Hall–Kier alpha value is -1.77. The number of aromatic nitrogens is 2. The van der Waals surface area contributed by atoms with Gasteiger partial charge in [0.2, 0.25) is 0 Å². The number of aryl methyl sites for hydroxylation is 1. The van der Waals surface area contributed by atoms with Crippen molar-refractivity contribution in [3.8, 4) is 0 Å². The Morgan fingerprint density at radius 2 is 2.00 bits per heavy atom. The van der Waals surface area contributed by atoms with Gasteiger partial charge in [0.1, 0.15) is 5.82 Å². The van der Waals surface area contributed by atoms with E-state index in [0.29, 0.717) is 12.4 Å². The molecule has 2 rings (SSSR count). The first-order chi connectivity index (χ1) is 9.89. The number of nitrogens with one attached hydrogen (secondary N) is 1. The van der Waals surface area contributed by atoms with Gasteiger partial charge in [0.05, 0.1) is 12.7 Å². The molecule has 0 radical (unpaired) electrons. The average Bonchev–Trinajstić information content (AvgIpc) is 2.85. The molecule has 1 aliphatic heterocycles. The largest absolute Gasteiger partial charge is 0.401 e. The van der Waals surface area contributed by atoms with E-state index >= 15 is 0 Å². The zero-order chi connectivity index (χ0) is 15.5. The molecule has 118 valence electrons. The van der Waals surface area contributed by atoms with Gasteiger partial charge in [-0.2, -0.15) is 18.3 Å². The molecule has 0 atom stereocenters. The van der Waals surface area contributed by atoms with Crippen LogP contribution in [0.15, 0.2) is 12.3 Å². The third-order valence-electron chi connectivity index (χ3n) is 3.31. The summed E-state index contributed by atoms with van der Waals surface area (Å²) in [5, 5.41) is 6.76. The fourth-order valence-electron chi connectivity index (χ4n) is 2.24. The Kier molecular flexibility index (Phi) is 4.71. The summed E-state index contributed by atoms with van der Waals surface area (Å²) in [7, 11) is 0. The first kappa shape index (κ1) is 15.6. The van der Waals surface area contributed by atoms with Crippen molar-refractivity contribution in [3.63, 3.8) is 0 Å². The zero-order valence-corrected chi connectivity index (χ0v) is 11.7. The van der Waals surface area contributed by atoms with Crippen molar-refractivity contribution in [3.05, 3.63) is 12.3 Å². The highest BCUT2D eigenvalue weighted by Gasteiger charge is 2.32. The van der Waals surface area contributed by atoms with Crippen LogP contribution in [0.5, 0.6) is 0 Å². The Morgan fingerprint density at radius 1 is 1.33 bits per heavy atom. The van der Waals surface area contributed by atoms with Crippen molar-refractivity contribution in [2.45, 2.75) is 19.6 Å². The monoisotopic (exact) mass is 305 g/mol. The Labute approximate surface area is 120 Å². The van der Waals surface area contributed by atoms with Gasteiger partial charge < -0.3 is 4.90 Å². The highest BCUT2D eigenvalue weighted by molar-refractivity contribution is 5.88. The van der Waals surface area contributed by atoms with Gasteiger partial charge in [0.25, 0.3) is 0 Å². The highest BCUT2D eigenvalue weighted by Crippen LogP contribution is 2.17. The van der Waals surface area contributed by atoms with E-state index in [9.17, 15) is 18.0 Å². The Bertz CT molecular complexity index is 479. The van der Waals surface area contributed by atoms with Crippen LogP contribution in [0.2, 0.25) is 0 Å². The number of rotatable bonds is 3. The van der Waals surface area contributed by atoms with Crippen molar-refractivity contribution in [2.75, 3.05) is 38.0 Å². The van der Waals surface area contributed by atoms with Crippen LogP contribution in [0, 0.1) is 0 Å². The zero-order valence-electron chi connectivity index (χ0n) is 11.7. The lowest BCUT2D eigenvalue weighted by atomic mass is 10.3. The number of carbonyl (C=O) groups is 1. The summed E-state index contributed by atoms with van der Waals surface area (Å²) in [6.07, 6.45) is -2.61. The van der Waals surface area contributed by atoms with Crippen LogP contribution in [-0.2, 0) is 6.54 Å². The van der Waals surface area contributed by atoms with E-state index in [0.717, 1.165) is 0 Å². The number of amides is 2. The molecule has 0 bridgehead atoms. The lowest BCUT2D eigenvalue weighted by Crippen LogP contribution is -2.52. The van der Waals surface area contributed by atoms with Gasteiger partial charge in [-0.1, -0.05) is 0 Å². The van der Waals surface area contributed by atoms with Gasteiger partial charge in [-0.25, -0.2) is 9.48 Å². The van der Waals surface area contributed by atoms with Crippen molar-refractivity contribution in [1.82, 2.24) is 19.6 Å². The molecule has 1 N–H and O–H groups in total. The molecule has 2 amide bonds. The number of nitrogens with zero attached hydrogens (tertiary/aromatic N) is 4. The van der Waals surface area contributed by atoms with Crippen LogP contribution in [0.1, 0.15) is 6.92 Å². The minimum atomic E-state index is -4.20. The van der Waals surface area contributed by atoms with Gasteiger partial charge in [0.15, 0.2) is 0 Å². The van der Waals surface area contributed by atoms with Crippen molar-refractivity contribution < 1.29 is 18.0 Å². The normalized spacial score (nSPS) is 17.0. The van der Waals surface area contributed by atoms with Crippen LogP contribution in [-0.4, -0.2) is 64.5 Å². The molecule has 1 saturated heterocycles. The topological polar surface area (TPSA) is 53.4 Å². The third-order valence-corrected chi connectivity index (χ3v) is 3.31. The van der Waals surface area contributed by atoms with Crippen LogP contribution < -0.4 is 5.32 Å². The molecule has 1 fully saturated rings. The second-order valence-electron chi connectivity index (χ2n) is 4.84. The quantitative estimate of drug-likeness (QED) is 0.923. The molecule has 0 unspecified atom stereocenters. The summed E-state index contributed by atoms with van der Waals surface area (Å²) in [6, 6.07) is 1.37. The van der Waals surface area contributed by atoms with Gasteiger partial charge >= 0.3 is 12.2 Å². The van der Waals surface area contributed by atoms with E-state index in [4.69, 9.17) is 0 Å². The summed E-state index contributed by atoms with van der Waals surface area (Å²) in [5.74, 6) is 0.584. The van der Waals surface area contributed by atoms with Crippen molar-refractivity contribution in [1.29, 1.82) is 0 Å². The van der Waals surface area contributed by atoms with Gasteiger partial charge in [-0.05, 0) is 6.92 Å². The molecule has 9 heteroatoms. The Balaban J connectivity index is 1.83. The predicted octanol–water partition coefficient (Wildman–Crippen LogP) is 1.61. The summed E-state index contributed by atoms with van der Waals surface area (Å²) in [5.41, 5.74) is 0. The second-order valence-corrected chi connectivity index (χ2v) is 4.84. The highest BCUT2D eigenvalue weighted by atomic mass is 19.4. The maximum atomic E-state index is 12.3. The molecule has 0 aromatic carbocycles. The minimum Gasteiger partial charge on any atom is -0.322 e. The fraction of sp³-hybridized carbons (Fsp3) is 0.667. The summed E-state index contributed by atoms with van der Waals surface area (Å²) in [4.78, 5) is 14.9.